The molecular weight excluding hydrogens is 315 g/mol. The minimum atomic E-state index is -2.52. The molecule has 0 N–H and O–H groups in total. The fourth-order valence-electron chi connectivity index (χ4n) is 3.17. The molecule has 2 aromatic carbocycles. The van der Waals surface area contributed by atoms with E-state index in [1.807, 2.05) is 19.1 Å². The van der Waals surface area contributed by atoms with E-state index in [1.54, 1.807) is 29.8 Å². The summed E-state index contributed by atoms with van der Waals surface area (Å²) in [7, 11) is 1.69. The number of aryl methyl sites for hydroxylation is 3. The van der Waals surface area contributed by atoms with Crippen LogP contribution in [0, 0.1) is 30.9 Å². The van der Waals surface area contributed by atoms with E-state index in [0.717, 1.165) is 21.9 Å². The Labute approximate surface area is 148 Å². The minimum absolute atomic E-state index is 0.315. The molecule has 0 aliphatic rings. The number of pyridine rings is 1. The highest BCUT2D eigenvalue weighted by atomic mass is 19.1. The zero-order valence-corrected chi connectivity index (χ0v) is 13.7. The Bertz CT molecular complexity index is 1300. The summed E-state index contributed by atoms with van der Waals surface area (Å²) in [5.41, 5.74) is 3.68. The van der Waals surface area contributed by atoms with E-state index in [2.05, 4.69) is 6.07 Å². The lowest BCUT2D eigenvalue weighted by molar-refractivity contribution is -0.661. The monoisotopic (exact) mass is 334 g/mol. The molecule has 4 aromatic rings. The summed E-state index contributed by atoms with van der Waals surface area (Å²) in [5.74, 6) is -0.768. The number of aromatic nitrogens is 1. The average Bonchev–Trinajstić information content (AvgIpc) is 2.98. The molecule has 25 heavy (non-hydrogen) atoms. The summed E-state index contributed by atoms with van der Waals surface area (Å²) in [6, 6.07) is 12.4. The van der Waals surface area contributed by atoms with Gasteiger partial charge >= 0.3 is 0 Å². The van der Waals surface area contributed by atoms with Gasteiger partial charge in [-0.05, 0) is 49.7 Å². The Morgan fingerprint density at radius 3 is 2.68 bits per heavy atom. The number of hydrogen-bond acceptors (Lipinski definition) is 2. The van der Waals surface area contributed by atoms with Crippen LogP contribution in [0.3, 0.4) is 0 Å². The van der Waals surface area contributed by atoms with Crippen molar-refractivity contribution < 1.29 is 17.5 Å². The van der Waals surface area contributed by atoms with Gasteiger partial charge in [0.25, 0.3) is 0 Å². The summed E-state index contributed by atoms with van der Waals surface area (Å²) in [5, 5.41) is 10.8. The second-order valence-electron chi connectivity index (χ2n) is 6.12. The van der Waals surface area contributed by atoms with Crippen molar-refractivity contribution in [1.82, 2.24) is 0 Å². The second-order valence-corrected chi connectivity index (χ2v) is 6.12. The number of hydrogen-bond donors (Lipinski definition) is 0. The van der Waals surface area contributed by atoms with Crippen LogP contribution in [-0.2, 0) is 7.05 Å². The fraction of sp³-hybridized carbons (Fsp3) is 0.143. The van der Waals surface area contributed by atoms with Crippen molar-refractivity contribution in [2.75, 3.05) is 0 Å². The van der Waals surface area contributed by atoms with Gasteiger partial charge in [0.05, 0.1) is 17.2 Å². The normalized spacial score (nSPS) is 13.4. The third-order valence-corrected chi connectivity index (χ3v) is 4.44. The molecule has 2 aromatic heterocycles. The van der Waals surface area contributed by atoms with Crippen LogP contribution in [-0.4, -0.2) is 0 Å². The molecule has 0 atom stereocenters. The highest BCUT2D eigenvalue weighted by Crippen LogP contribution is 2.34. The molecule has 0 saturated carbocycles. The van der Waals surface area contributed by atoms with Crippen LogP contribution in [0.15, 0.2) is 47.0 Å². The average molecular weight is 334 g/mol. The van der Waals surface area contributed by atoms with Gasteiger partial charge in [-0.25, -0.2) is 8.96 Å². The highest BCUT2D eigenvalue weighted by Gasteiger charge is 2.18. The molecule has 0 aliphatic heterocycles. The van der Waals surface area contributed by atoms with E-state index >= 15 is 0 Å². The maximum Gasteiger partial charge on any atom is 0.215 e. The van der Waals surface area contributed by atoms with Crippen LogP contribution in [0.4, 0.5) is 4.39 Å². The maximum atomic E-state index is 14.5. The lowest BCUT2D eigenvalue weighted by atomic mass is 10.0. The summed E-state index contributed by atoms with van der Waals surface area (Å²) < 4.78 is 44.4. The number of nitriles is 1. The second kappa shape index (κ2) is 5.42. The van der Waals surface area contributed by atoms with Crippen LogP contribution in [0.1, 0.15) is 20.8 Å². The Morgan fingerprint density at radius 1 is 1.12 bits per heavy atom. The first kappa shape index (κ1) is 12.2. The molecular formula is C21H16FN2O+. The van der Waals surface area contributed by atoms with Gasteiger partial charge in [0, 0.05) is 26.5 Å². The standard InChI is InChI=1S/C21H16FN2O/c1-12-6-16-17-7-14(10-23)4-5-20(17)25-21(16)8-15(12)19-9-18(22)13(2)11-24(19)3/h4-9,11H,1-3H3/q+1/i2D3. The number of benzene rings is 2. The molecule has 0 fully saturated rings. The predicted octanol–water partition coefficient (Wildman–Crippen LogP) is 4.71. The smallest absolute Gasteiger partial charge is 0.215 e. The van der Waals surface area contributed by atoms with Crippen molar-refractivity contribution in [3.8, 4) is 17.3 Å². The third-order valence-electron chi connectivity index (χ3n) is 4.44. The topological polar surface area (TPSA) is 40.8 Å². The molecule has 0 radical (unpaired) electrons. The van der Waals surface area contributed by atoms with Crippen LogP contribution in [0.5, 0.6) is 0 Å². The van der Waals surface area contributed by atoms with E-state index in [0.29, 0.717) is 22.4 Å². The zero-order chi connectivity index (χ0) is 20.2. The molecule has 0 aliphatic carbocycles. The molecule has 0 saturated heterocycles. The van der Waals surface area contributed by atoms with Crippen molar-refractivity contribution in [2.45, 2.75) is 13.8 Å². The molecule has 122 valence electrons. The number of fused-ring (bicyclic) bond motifs is 3. The SMILES string of the molecule is [2H]C([2H])([2H])c1c[n+](C)c(-c2cc3oc4ccc(C#N)cc4c3cc2C)cc1F. The Kier molecular flexibility index (Phi) is 2.65. The Balaban J connectivity index is 1.95. The first-order chi connectivity index (χ1) is 13.2. The molecule has 0 amide bonds. The van der Waals surface area contributed by atoms with E-state index in [4.69, 9.17) is 13.8 Å². The molecule has 0 bridgehead atoms. The van der Waals surface area contributed by atoms with Gasteiger partial charge in [0.1, 0.15) is 24.0 Å². The van der Waals surface area contributed by atoms with Crippen LogP contribution in [0.2, 0.25) is 0 Å². The number of nitrogens with zero attached hydrogens (tertiary/aromatic N) is 2. The van der Waals surface area contributed by atoms with Crippen molar-refractivity contribution >= 4 is 21.9 Å². The minimum Gasteiger partial charge on any atom is -0.456 e. The number of rotatable bonds is 1. The van der Waals surface area contributed by atoms with Gasteiger partial charge in [-0.15, -0.1) is 0 Å². The summed E-state index contributed by atoms with van der Waals surface area (Å²) >= 11 is 0. The van der Waals surface area contributed by atoms with E-state index < -0.39 is 12.7 Å². The van der Waals surface area contributed by atoms with Crippen molar-refractivity contribution in [3.05, 3.63) is 65.1 Å². The van der Waals surface area contributed by atoms with Crippen LogP contribution < -0.4 is 4.57 Å². The van der Waals surface area contributed by atoms with E-state index in [-0.39, 0.29) is 5.56 Å². The molecule has 0 unspecified atom stereocenters. The highest BCUT2D eigenvalue weighted by molar-refractivity contribution is 6.06. The lowest BCUT2D eigenvalue weighted by Gasteiger charge is -2.06. The third kappa shape index (κ3) is 2.36. The molecule has 0 spiro atoms. The Hall–Kier alpha value is -3.19. The van der Waals surface area contributed by atoms with E-state index in [1.165, 1.54) is 12.3 Å². The van der Waals surface area contributed by atoms with Crippen LogP contribution in [0.25, 0.3) is 33.2 Å². The zero-order valence-electron chi connectivity index (χ0n) is 16.7. The van der Waals surface area contributed by atoms with Gasteiger partial charge in [-0.1, -0.05) is 0 Å². The van der Waals surface area contributed by atoms with Gasteiger partial charge < -0.3 is 4.42 Å². The summed E-state index contributed by atoms with van der Waals surface area (Å²) in [6.07, 6.45) is 1.30. The molecule has 4 rings (SSSR count). The first-order valence-electron chi connectivity index (χ1n) is 9.26. The van der Waals surface area contributed by atoms with Gasteiger partial charge in [0.2, 0.25) is 5.69 Å². The Morgan fingerprint density at radius 2 is 1.92 bits per heavy atom. The number of furan rings is 1. The molecule has 3 nitrogen and oxygen atoms in total. The predicted molar refractivity (Wildman–Crippen MR) is 94.5 cm³/mol. The molecule has 4 heteroatoms. The maximum absolute atomic E-state index is 14.5. The quantitative estimate of drug-likeness (QED) is 0.473. The van der Waals surface area contributed by atoms with Crippen molar-refractivity contribution in [1.29, 1.82) is 5.26 Å². The van der Waals surface area contributed by atoms with Crippen molar-refractivity contribution in [3.63, 3.8) is 0 Å². The van der Waals surface area contributed by atoms with Crippen molar-refractivity contribution in [2.24, 2.45) is 7.05 Å². The summed E-state index contributed by atoms with van der Waals surface area (Å²) in [4.78, 5) is 0. The first-order valence-corrected chi connectivity index (χ1v) is 7.76. The molecule has 2 heterocycles. The van der Waals surface area contributed by atoms with Gasteiger partial charge in [0.15, 0.2) is 6.20 Å². The lowest BCUT2D eigenvalue weighted by Crippen LogP contribution is -2.31. The largest absolute Gasteiger partial charge is 0.456 e. The van der Waals surface area contributed by atoms with E-state index in [9.17, 15) is 4.39 Å². The van der Waals surface area contributed by atoms with Gasteiger partial charge in [-0.2, -0.15) is 5.26 Å². The van der Waals surface area contributed by atoms with Crippen LogP contribution >= 0.6 is 0 Å². The number of halogens is 1. The summed E-state index contributed by atoms with van der Waals surface area (Å²) in [6.45, 7) is -0.617. The van der Waals surface area contributed by atoms with Gasteiger partial charge in [-0.3, -0.25) is 0 Å². The fourth-order valence-corrected chi connectivity index (χ4v) is 3.17.